The van der Waals surface area contributed by atoms with Gasteiger partial charge in [0.15, 0.2) is 5.76 Å². The van der Waals surface area contributed by atoms with Crippen LogP contribution in [0.5, 0.6) is 5.75 Å². The summed E-state index contributed by atoms with van der Waals surface area (Å²) in [6, 6.07) is 14.3. The molecule has 0 bridgehead atoms. The number of amides is 3. The van der Waals surface area contributed by atoms with Gasteiger partial charge >= 0.3 is 6.03 Å². The number of rotatable bonds is 7. The normalized spacial score (nSPS) is 22.0. The van der Waals surface area contributed by atoms with E-state index in [2.05, 4.69) is 10.6 Å². The first-order valence-corrected chi connectivity index (χ1v) is 16.0. The fourth-order valence-corrected chi connectivity index (χ4v) is 8.19. The Labute approximate surface area is 258 Å². The van der Waals surface area contributed by atoms with Crippen molar-refractivity contribution in [1.29, 1.82) is 0 Å². The van der Waals surface area contributed by atoms with Gasteiger partial charge in [0.1, 0.15) is 17.6 Å². The number of aryl methyl sites for hydroxylation is 2. The average Bonchev–Trinajstić information content (AvgIpc) is 3.83. The zero-order valence-electron chi connectivity index (χ0n) is 24.2. The van der Waals surface area contributed by atoms with Gasteiger partial charge < -0.3 is 29.6 Å². The van der Waals surface area contributed by atoms with Gasteiger partial charge in [0, 0.05) is 47.5 Å². The van der Waals surface area contributed by atoms with Gasteiger partial charge in [-0.25, -0.2) is 4.79 Å². The molecule has 9 nitrogen and oxygen atoms in total. The highest BCUT2D eigenvalue weighted by molar-refractivity contribution is 7.10. The molecule has 0 saturated carbocycles. The minimum atomic E-state index is -0.911. The zero-order valence-corrected chi connectivity index (χ0v) is 25.9. The number of hydrogen-bond acceptors (Lipinski definition) is 8. The SMILES string of the molecule is COc1ccc(NC(=O)N2C(C(=O)N3CCNCC3)C(c3sccc3C)C(C(=O)c3ccc(C)o3)C2c2cccs2)cc1. The number of piperazine rings is 1. The predicted octanol–water partition coefficient (Wildman–Crippen LogP) is 5.70. The summed E-state index contributed by atoms with van der Waals surface area (Å²) in [4.78, 5) is 48.8. The molecule has 2 fully saturated rings. The van der Waals surface area contributed by atoms with E-state index in [1.807, 2.05) is 40.8 Å². The van der Waals surface area contributed by atoms with E-state index in [9.17, 15) is 14.4 Å². The molecule has 11 heteroatoms. The van der Waals surface area contributed by atoms with Crippen molar-refractivity contribution in [3.8, 4) is 5.75 Å². The third-order valence-corrected chi connectivity index (χ3v) is 10.3. The summed E-state index contributed by atoms with van der Waals surface area (Å²) >= 11 is 3.00. The lowest BCUT2D eigenvalue weighted by Gasteiger charge is -2.36. The van der Waals surface area contributed by atoms with Crippen LogP contribution in [0.3, 0.4) is 0 Å². The number of Topliss-reactive ketones (excluding diaryl/α,β-unsaturated/α-hetero) is 1. The number of nitrogens with one attached hydrogen (secondary N) is 2. The summed E-state index contributed by atoms with van der Waals surface area (Å²) in [7, 11) is 1.58. The molecule has 2 saturated heterocycles. The maximum atomic E-state index is 14.6. The molecular weight excluding hydrogens is 585 g/mol. The first-order chi connectivity index (χ1) is 20.9. The molecular formula is C32H34N4O5S2. The third kappa shape index (κ3) is 5.60. The van der Waals surface area contributed by atoms with Crippen LogP contribution in [0.25, 0.3) is 0 Å². The number of urea groups is 1. The second-order valence-electron chi connectivity index (χ2n) is 10.8. The van der Waals surface area contributed by atoms with E-state index in [-0.39, 0.29) is 17.5 Å². The number of carbonyl (C=O) groups excluding carboxylic acids is 3. The first-order valence-electron chi connectivity index (χ1n) is 14.3. The Balaban J connectivity index is 1.52. The zero-order chi connectivity index (χ0) is 30.1. The van der Waals surface area contributed by atoms with Crippen molar-refractivity contribution < 1.29 is 23.5 Å². The number of carbonyl (C=O) groups is 3. The molecule has 0 spiro atoms. The number of hydrogen-bond donors (Lipinski definition) is 2. The van der Waals surface area contributed by atoms with E-state index in [1.165, 1.54) is 22.7 Å². The van der Waals surface area contributed by atoms with Crippen molar-refractivity contribution in [2.24, 2.45) is 5.92 Å². The Morgan fingerprint density at radius 1 is 0.977 bits per heavy atom. The van der Waals surface area contributed by atoms with Crippen LogP contribution in [0.2, 0.25) is 0 Å². The summed E-state index contributed by atoms with van der Waals surface area (Å²) in [5, 5.41) is 10.2. The molecule has 4 atom stereocenters. The number of thiophene rings is 2. The molecule has 4 unspecified atom stereocenters. The van der Waals surface area contributed by atoms with Gasteiger partial charge in [0.05, 0.1) is 19.1 Å². The molecule has 2 N–H and O–H groups in total. The summed E-state index contributed by atoms with van der Waals surface area (Å²) in [5.41, 5.74) is 1.55. The second kappa shape index (κ2) is 12.4. The molecule has 3 amide bonds. The quantitative estimate of drug-likeness (QED) is 0.258. The number of nitrogens with zero attached hydrogens (tertiary/aromatic N) is 2. The van der Waals surface area contributed by atoms with Gasteiger partial charge in [-0.05, 0) is 78.7 Å². The minimum Gasteiger partial charge on any atom is -0.497 e. The van der Waals surface area contributed by atoms with Crippen molar-refractivity contribution in [3.05, 3.63) is 92.2 Å². The fourth-order valence-electron chi connectivity index (χ4n) is 6.22. The fraction of sp³-hybridized carbons (Fsp3) is 0.344. The van der Waals surface area contributed by atoms with Crippen LogP contribution in [0.4, 0.5) is 10.5 Å². The van der Waals surface area contributed by atoms with Gasteiger partial charge in [-0.15, -0.1) is 22.7 Å². The number of furan rings is 1. The summed E-state index contributed by atoms with van der Waals surface area (Å²) in [6.45, 7) is 6.19. The van der Waals surface area contributed by atoms with Crippen LogP contribution in [-0.2, 0) is 4.79 Å². The molecule has 3 aromatic heterocycles. The van der Waals surface area contributed by atoms with E-state index in [0.717, 1.165) is 15.3 Å². The van der Waals surface area contributed by atoms with Crippen LogP contribution in [0.15, 0.2) is 69.8 Å². The number of anilines is 1. The minimum absolute atomic E-state index is 0.156. The molecule has 6 rings (SSSR count). The lowest BCUT2D eigenvalue weighted by atomic mass is 9.80. The highest BCUT2D eigenvalue weighted by Crippen LogP contribution is 2.54. The van der Waals surface area contributed by atoms with Gasteiger partial charge in [-0.3, -0.25) is 9.59 Å². The van der Waals surface area contributed by atoms with Crippen LogP contribution in [0.1, 0.15) is 43.6 Å². The Bertz CT molecular complexity index is 1590. The van der Waals surface area contributed by atoms with Crippen molar-refractivity contribution in [2.45, 2.75) is 31.8 Å². The molecule has 2 aliphatic rings. The second-order valence-corrected chi connectivity index (χ2v) is 12.8. The molecule has 2 aliphatic heterocycles. The molecule has 5 heterocycles. The van der Waals surface area contributed by atoms with E-state index in [4.69, 9.17) is 9.15 Å². The first kappa shape index (κ1) is 29.2. The van der Waals surface area contributed by atoms with Gasteiger partial charge in [0.25, 0.3) is 0 Å². The smallest absolute Gasteiger partial charge is 0.323 e. The van der Waals surface area contributed by atoms with Gasteiger partial charge in [-0.1, -0.05) is 6.07 Å². The van der Waals surface area contributed by atoms with E-state index >= 15 is 0 Å². The maximum absolute atomic E-state index is 14.6. The van der Waals surface area contributed by atoms with Gasteiger partial charge in [-0.2, -0.15) is 0 Å². The molecule has 1 aromatic carbocycles. The number of methoxy groups -OCH3 is 1. The number of ether oxygens (including phenoxy) is 1. The Morgan fingerprint density at radius 2 is 1.74 bits per heavy atom. The lowest BCUT2D eigenvalue weighted by Crippen LogP contribution is -2.55. The largest absolute Gasteiger partial charge is 0.497 e. The van der Waals surface area contributed by atoms with Crippen LogP contribution >= 0.6 is 22.7 Å². The van der Waals surface area contributed by atoms with Crippen molar-refractivity contribution >= 4 is 46.1 Å². The molecule has 4 aromatic rings. The molecule has 0 radical (unpaired) electrons. The topological polar surface area (TPSA) is 104 Å². The molecule has 224 valence electrons. The standard InChI is InChI=1S/C32H34N4O5S2/c1-19-12-18-43-30(19)26-25(29(37)23-11-6-20(2)41-23)27(24-5-4-17-42-24)36(28(26)31(38)35-15-13-33-14-16-35)32(39)34-21-7-9-22(40-3)10-8-21/h4-12,17-18,25-28,33H,13-16H2,1-3H3,(H,34,39). The molecule has 0 aliphatic carbocycles. The monoisotopic (exact) mass is 618 g/mol. The summed E-state index contributed by atoms with van der Waals surface area (Å²) < 4.78 is 11.2. The Kier molecular flexibility index (Phi) is 8.38. The number of benzene rings is 1. The highest BCUT2D eigenvalue weighted by Gasteiger charge is 2.59. The van der Waals surface area contributed by atoms with Crippen molar-refractivity contribution in [3.63, 3.8) is 0 Å². The highest BCUT2D eigenvalue weighted by atomic mass is 32.1. The Hall–Kier alpha value is -3.93. The Morgan fingerprint density at radius 3 is 2.35 bits per heavy atom. The predicted molar refractivity (Wildman–Crippen MR) is 167 cm³/mol. The molecule has 43 heavy (non-hydrogen) atoms. The number of likely N-dealkylation sites (tertiary alicyclic amines) is 1. The van der Waals surface area contributed by atoms with E-state index < -0.39 is 30.0 Å². The van der Waals surface area contributed by atoms with Gasteiger partial charge in [0.2, 0.25) is 11.7 Å². The van der Waals surface area contributed by atoms with E-state index in [0.29, 0.717) is 43.4 Å². The van der Waals surface area contributed by atoms with Crippen LogP contribution < -0.4 is 15.4 Å². The lowest BCUT2D eigenvalue weighted by molar-refractivity contribution is -0.136. The summed E-state index contributed by atoms with van der Waals surface area (Å²) in [6.07, 6.45) is 0. The maximum Gasteiger partial charge on any atom is 0.323 e. The van der Waals surface area contributed by atoms with Crippen molar-refractivity contribution in [1.82, 2.24) is 15.1 Å². The van der Waals surface area contributed by atoms with Crippen molar-refractivity contribution in [2.75, 3.05) is 38.6 Å². The van der Waals surface area contributed by atoms with Crippen LogP contribution in [0, 0.1) is 19.8 Å². The van der Waals surface area contributed by atoms with Crippen LogP contribution in [-0.4, -0.2) is 66.9 Å². The average molecular weight is 619 g/mol. The number of ketones is 1. The van der Waals surface area contributed by atoms with E-state index in [1.54, 1.807) is 55.3 Å². The summed E-state index contributed by atoms with van der Waals surface area (Å²) in [5.74, 6) is -0.183. The third-order valence-electron chi connectivity index (χ3n) is 8.25.